The molecule has 2 amide bonds. The number of aliphatic hydroxyl groups is 1. The number of nitrogens with one attached hydrogen (secondary N) is 2. The zero-order valence-corrected chi connectivity index (χ0v) is 11.8. The van der Waals surface area contributed by atoms with Crippen LogP contribution in [0.15, 0.2) is 0 Å². The molecule has 18 heavy (non-hydrogen) atoms. The van der Waals surface area contributed by atoms with Crippen LogP contribution in [0.4, 0.5) is 4.79 Å². The van der Waals surface area contributed by atoms with E-state index in [-0.39, 0.29) is 12.1 Å². The van der Waals surface area contributed by atoms with Crippen LogP contribution in [0, 0.1) is 0 Å². The molecular formula is C13H27N3O2. The molecule has 106 valence electrons. The standard InChI is InChI=1S/C13H27N3O2/c1-10(2)16(12-4-5-12)9-8-15-13(18)14-7-6-11(3)17/h10-12,17H,4-9H2,1-3H3,(H2,14,15,18). The first-order chi connectivity index (χ1) is 8.50. The molecule has 1 fully saturated rings. The summed E-state index contributed by atoms with van der Waals surface area (Å²) < 4.78 is 0. The van der Waals surface area contributed by atoms with Crippen LogP contribution >= 0.6 is 0 Å². The summed E-state index contributed by atoms with van der Waals surface area (Å²) in [6, 6.07) is 1.12. The summed E-state index contributed by atoms with van der Waals surface area (Å²) in [6.07, 6.45) is 2.81. The van der Waals surface area contributed by atoms with Gasteiger partial charge in [0.05, 0.1) is 6.10 Å². The van der Waals surface area contributed by atoms with E-state index in [4.69, 9.17) is 5.11 Å². The maximum absolute atomic E-state index is 11.4. The number of urea groups is 1. The average Bonchev–Trinajstić information content (AvgIpc) is 3.07. The van der Waals surface area contributed by atoms with Gasteiger partial charge >= 0.3 is 6.03 Å². The third-order valence-electron chi connectivity index (χ3n) is 3.18. The van der Waals surface area contributed by atoms with Gasteiger partial charge in [-0.1, -0.05) is 0 Å². The molecule has 5 nitrogen and oxygen atoms in total. The number of amides is 2. The van der Waals surface area contributed by atoms with Gasteiger partial charge in [-0.3, -0.25) is 4.90 Å². The highest BCUT2D eigenvalue weighted by Gasteiger charge is 2.30. The fourth-order valence-electron chi connectivity index (χ4n) is 2.02. The lowest BCUT2D eigenvalue weighted by molar-refractivity contribution is 0.182. The van der Waals surface area contributed by atoms with Gasteiger partial charge in [-0.05, 0) is 40.0 Å². The van der Waals surface area contributed by atoms with Crippen LogP contribution in [0.2, 0.25) is 0 Å². The number of aliphatic hydroxyl groups excluding tert-OH is 1. The molecule has 1 rings (SSSR count). The summed E-state index contributed by atoms with van der Waals surface area (Å²) in [5.41, 5.74) is 0. The molecule has 0 aliphatic heterocycles. The molecule has 0 saturated heterocycles. The second-order valence-electron chi connectivity index (χ2n) is 5.38. The van der Waals surface area contributed by atoms with Gasteiger partial charge < -0.3 is 15.7 Å². The van der Waals surface area contributed by atoms with Crippen LogP contribution in [0.3, 0.4) is 0 Å². The maximum atomic E-state index is 11.4. The van der Waals surface area contributed by atoms with E-state index in [1.807, 2.05) is 0 Å². The topological polar surface area (TPSA) is 64.6 Å². The number of carbonyl (C=O) groups excluding carboxylic acids is 1. The Bertz CT molecular complexity index is 251. The molecule has 0 aromatic heterocycles. The van der Waals surface area contributed by atoms with Crippen molar-refractivity contribution in [1.29, 1.82) is 0 Å². The highest BCUT2D eigenvalue weighted by molar-refractivity contribution is 5.73. The van der Waals surface area contributed by atoms with E-state index in [2.05, 4.69) is 29.4 Å². The summed E-state index contributed by atoms with van der Waals surface area (Å²) in [5.74, 6) is 0. The minimum absolute atomic E-state index is 0.143. The molecule has 0 heterocycles. The molecule has 3 N–H and O–H groups in total. The van der Waals surface area contributed by atoms with Gasteiger partial charge in [-0.2, -0.15) is 0 Å². The molecule has 5 heteroatoms. The van der Waals surface area contributed by atoms with Crippen molar-refractivity contribution in [1.82, 2.24) is 15.5 Å². The lowest BCUT2D eigenvalue weighted by Crippen LogP contribution is -2.43. The first-order valence-electron chi connectivity index (χ1n) is 6.96. The lowest BCUT2D eigenvalue weighted by Gasteiger charge is -2.26. The van der Waals surface area contributed by atoms with Crippen LogP contribution in [0.25, 0.3) is 0 Å². The normalized spacial score (nSPS) is 17.0. The Morgan fingerprint density at radius 1 is 1.28 bits per heavy atom. The molecule has 1 unspecified atom stereocenters. The summed E-state index contributed by atoms with van der Waals surface area (Å²) in [4.78, 5) is 13.9. The van der Waals surface area contributed by atoms with Crippen molar-refractivity contribution in [2.75, 3.05) is 19.6 Å². The zero-order valence-electron chi connectivity index (χ0n) is 11.8. The second kappa shape index (κ2) is 7.59. The molecular weight excluding hydrogens is 230 g/mol. The molecule has 0 radical (unpaired) electrons. The van der Waals surface area contributed by atoms with Gasteiger partial charge in [0.1, 0.15) is 0 Å². The van der Waals surface area contributed by atoms with Gasteiger partial charge in [-0.15, -0.1) is 0 Å². The predicted molar refractivity (Wildman–Crippen MR) is 72.6 cm³/mol. The Morgan fingerprint density at radius 3 is 2.39 bits per heavy atom. The molecule has 0 aromatic carbocycles. The van der Waals surface area contributed by atoms with Crippen molar-refractivity contribution in [3.8, 4) is 0 Å². The Labute approximate surface area is 110 Å². The molecule has 1 aliphatic rings. The van der Waals surface area contributed by atoms with Crippen molar-refractivity contribution >= 4 is 6.03 Å². The first-order valence-corrected chi connectivity index (χ1v) is 6.96. The van der Waals surface area contributed by atoms with Gasteiger partial charge in [0.25, 0.3) is 0 Å². The highest BCUT2D eigenvalue weighted by Crippen LogP contribution is 2.27. The van der Waals surface area contributed by atoms with Crippen molar-refractivity contribution in [2.24, 2.45) is 0 Å². The zero-order chi connectivity index (χ0) is 13.5. The van der Waals surface area contributed by atoms with Crippen LogP contribution in [0.1, 0.15) is 40.0 Å². The van der Waals surface area contributed by atoms with Crippen LogP contribution in [0.5, 0.6) is 0 Å². The van der Waals surface area contributed by atoms with Crippen molar-refractivity contribution in [2.45, 2.75) is 58.2 Å². The smallest absolute Gasteiger partial charge is 0.314 e. The number of carbonyl (C=O) groups is 1. The lowest BCUT2D eigenvalue weighted by atomic mass is 10.3. The molecule has 1 saturated carbocycles. The van der Waals surface area contributed by atoms with Gasteiger partial charge in [-0.25, -0.2) is 4.79 Å². The molecule has 0 bridgehead atoms. The second-order valence-corrected chi connectivity index (χ2v) is 5.38. The van der Waals surface area contributed by atoms with E-state index in [1.165, 1.54) is 12.8 Å². The Balaban J connectivity index is 2.06. The quantitative estimate of drug-likeness (QED) is 0.606. The van der Waals surface area contributed by atoms with E-state index >= 15 is 0 Å². The van der Waals surface area contributed by atoms with E-state index in [0.29, 0.717) is 25.6 Å². The minimum atomic E-state index is -0.364. The first kappa shape index (κ1) is 15.2. The predicted octanol–water partition coefficient (Wildman–Crippen LogP) is 0.929. The van der Waals surface area contributed by atoms with Crippen molar-refractivity contribution in [3.63, 3.8) is 0 Å². The van der Waals surface area contributed by atoms with Gasteiger partial charge in [0.15, 0.2) is 0 Å². The largest absolute Gasteiger partial charge is 0.393 e. The molecule has 0 aromatic rings. The monoisotopic (exact) mass is 257 g/mol. The summed E-state index contributed by atoms with van der Waals surface area (Å²) in [6.45, 7) is 8.21. The van der Waals surface area contributed by atoms with E-state index < -0.39 is 0 Å². The maximum Gasteiger partial charge on any atom is 0.314 e. The Morgan fingerprint density at radius 2 is 1.89 bits per heavy atom. The molecule has 1 atom stereocenters. The van der Waals surface area contributed by atoms with E-state index in [0.717, 1.165) is 12.6 Å². The average molecular weight is 257 g/mol. The van der Waals surface area contributed by atoms with Crippen LogP contribution in [-0.2, 0) is 0 Å². The van der Waals surface area contributed by atoms with Crippen LogP contribution < -0.4 is 10.6 Å². The Kier molecular flexibility index (Phi) is 6.43. The van der Waals surface area contributed by atoms with Crippen molar-refractivity contribution < 1.29 is 9.90 Å². The number of hydrogen-bond donors (Lipinski definition) is 3. The van der Waals surface area contributed by atoms with E-state index in [1.54, 1.807) is 6.92 Å². The minimum Gasteiger partial charge on any atom is -0.393 e. The number of hydrogen-bond acceptors (Lipinski definition) is 3. The fraction of sp³-hybridized carbons (Fsp3) is 0.923. The Hall–Kier alpha value is -0.810. The summed E-state index contributed by atoms with van der Waals surface area (Å²) in [7, 11) is 0. The van der Waals surface area contributed by atoms with E-state index in [9.17, 15) is 4.79 Å². The highest BCUT2D eigenvalue weighted by atomic mass is 16.3. The van der Waals surface area contributed by atoms with Gasteiger partial charge in [0, 0.05) is 31.7 Å². The van der Waals surface area contributed by atoms with Crippen molar-refractivity contribution in [3.05, 3.63) is 0 Å². The summed E-state index contributed by atoms with van der Waals surface area (Å²) in [5, 5.41) is 14.6. The van der Waals surface area contributed by atoms with Gasteiger partial charge in [0.2, 0.25) is 0 Å². The molecule has 1 aliphatic carbocycles. The SMILES string of the molecule is CC(O)CCNC(=O)NCCN(C(C)C)C1CC1. The third-order valence-corrected chi connectivity index (χ3v) is 3.18. The summed E-state index contributed by atoms with van der Waals surface area (Å²) >= 11 is 0. The third kappa shape index (κ3) is 6.21. The fourth-order valence-corrected chi connectivity index (χ4v) is 2.02. The van der Waals surface area contributed by atoms with Crippen LogP contribution in [-0.4, -0.2) is 53.9 Å². The number of nitrogens with zero attached hydrogens (tertiary/aromatic N) is 1. The number of rotatable bonds is 8. The molecule has 0 spiro atoms.